The lowest BCUT2D eigenvalue weighted by atomic mass is 10.2. The number of aryl methyl sites for hydroxylation is 1. The molecule has 0 saturated carbocycles. The van der Waals surface area contributed by atoms with Crippen molar-refractivity contribution in [2.75, 3.05) is 25.0 Å². The maximum absolute atomic E-state index is 12.9. The van der Waals surface area contributed by atoms with E-state index in [1.54, 1.807) is 0 Å². The van der Waals surface area contributed by atoms with Crippen LogP contribution in [0, 0.1) is 6.92 Å². The van der Waals surface area contributed by atoms with E-state index in [9.17, 15) is 34.8 Å². The summed E-state index contributed by atoms with van der Waals surface area (Å²) < 4.78 is 117. The number of hydrogen-bond donors (Lipinski definition) is 1. The van der Waals surface area contributed by atoms with Gasteiger partial charge in [-0.15, -0.1) is 0 Å². The molecule has 0 aliphatic heterocycles. The van der Waals surface area contributed by atoms with Gasteiger partial charge in [0.1, 0.15) is 12.1 Å². The molecule has 1 N–H and O–H groups in total. The van der Waals surface area contributed by atoms with Gasteiger partial charge in [-0.25, -0.2) is 18.4 Å². The van der Waals surface area contributed by atoms with E-state index in [1.807, 2.05) is 4.72 Å². The largest absolute Gasteiger partial charge is 0.497 e. The molecular formula is C16H15F6N3O5S. The third-order valence-corrected chi connectivity index (χ3v) is 4.81. The molecule has 0 fully saturated rings. The van der Waals surface area contributed by atoms with E-state index >= 15 is 0 Å². The van der Waals surface area contributed by atoms with Gasteiger partial charge in [-0.05, 0) is 30.7 Å². The van der Waals surface area contributed by atoms with Crippen LogP contribution < -0.4 is 18.9 Å². The Morgan fingerprint density at radius 2 is 1.48 bits per heavy atom. The van der Waals surface area contributed by atoms with E-state index in [0.29, 0.717) is 17.6 Å². The molecule has 8 nitrogen and oxygen atoms in total. The Bertz CT molecular complexity index is 991. The molecule has 0 unspecified atom stereocenters. The van der Waals surface area contributed by atoms with Crippen molar-refractivity contribution in [2.45, 2.75) is 24.2 Å². The molecule has 31 heavy (non-hydrogen) atoms. The van der Waals surface area contributed by atoms with Crippen molar-refractivity contribution in [1.29, 1.82) is 0 Å². The summed E-state index contributed by atoms with van der Waals surface area (Å²) in [6.45, 7) is -2.41. The van der Waals surface area contributed by atoms with E-state index in [4.69, 9.17) is 4.74 Å². The zero-order valence-corrected chi connectivity index (χ0v) is 16.7. The zero-order valence-electron chi connectivity index (χ0n) is 15.8. The maximum Gasteiger partial charge on any atom is 0.422 e. The van der Waals surface area contributed by atoms with Gasteiger partial charge in [-0.2, -0.15) is 26.3 Å². The third kappa shape index (κ3) is 7.04. The predicted molar refractivity (Wildman–Crippen MR) is 93.7 cm³/mol. The number of methoxy groups -OCH3 is 1. The van der Waals surface area contributed by atoms with E-state index in [0.717, 1.165) is 0 Å². The van der Waals surface area contributed by atoms with Gasteiger partial charge >= 0.3 is 12.4 Å². The monoisotopic (exact) mass is 475 g/mol. The number of nitrogens with zero attached hydrogens (tertiary/aromatic N) is 2. The second-order valence-corrected chi connectivity index (χ2v) is 7.53. The van der Waals surface area contributed by atoms with Gasteiger partial charge in [0.15, 0.2) is 13.2 Å². The van der Waals surface area contributed by atoms with E-state index in [-0.39, 0.29) is 5.69 Å². The van der Waals surface area contributed by atoms with Crippen LogP contribution in [-0.4, -0.2) is 51.1 Å². The molecule has 2 rings (SSSR count). The minimum Gasteiger partial charge on any atom is -0.497 e. The molecule has 0 atom stereocenters. The molecular weight excluding hydrogens is 460 g/mol. The summed E-state index contributed by atoms with van der Waals surface area (Å²) in [4.78, 5) is 5.40. The Kier molecular flexibility index (Phi) is 7.08. The highest BCUT2D eigenvalue weighted by Gasteiger charge is 2.35. The summed E-state index contributed by atoms with van der Waals surface area (Å²) in [5.74, 6) is -1.89. The van der Waals surface area contributed by atoms with Crippen molar-refractivity contribution in [2.24, 2.45) is 0 Å². The molecule has 0 amide bonds. The van der Waals surface area contributed by atoms with Crippen molar-refractivity contribution < 1.29 is 49.0 Å². The summed E-state index contributed by atoms with van der Waals surface area (Å²) in [6, 6.07) is 4.11. The van der Waals surface area contributed by atoms with E-state index in [2.05, 4.69) is 19.4 Å². The minimum absolute atomic E-state index is 0.0341. The number of alkyl halides is 6. The molecule has 1 heterocycles. The highest BCUT2D eigenvalue weighted by molar-refractivity contribution is 7.93. The van der Waals surface area contributed by atoms with Crippen LogP contribution in [0.2, 0.25) is 0 Å². The molecule has 0 radical (unpaired) electrons. The molecule has 0 aliphatic rings. The molecule has 172 valence electrons. The Morgan fingerprint density at radius 3 is 1.90 bits per heavy atom. The van der Waals surface area contributed by atoms with Gasteiger partial charge < -0.3 is 14.2 Å². The van der Waals surface area contributed by atoms with Crippen LogP contribution >= 0.6 is 0 Å². The van der Waals surface area contributed by atoms with Gasteiger partial charge in [0.2, 0.25) is 16.7 Å². The van der Waals surface area contributed by atoms with Gasteiger partial charge in [-0.3, -0.25) is 4.72 Å². The number of hydrogen-bond acceptors (Lipinski definition) is 7. The Hall–Kier alpha value is -2.97. The van der Waals surface area contributed by atoms with Gasteiger partial charge in [0, 0.05) is 0 Å². The lowest BCUT2D eigenvalue weighted by Crippen LogP contribution is -2.24. The number of nitrogens with one attached hydrogen (secondary N) is 1. The van der Waals surface area contributed by atoms with Crippen LogP contribution in [0.3, 0.4) is 0 Å². The fourth-order valence-electron chi connectivity index (χ4n) is 2.15. The third-order valence-electron chi connectivity index (χ3n) is 3.43. The van der Waals surface area contributed by atoms with Crippen LogP contribution in [0.25, 0.3) is 0 Å². The molecule has 15 heteroatoms. The second kappa shape index (κ2) is 9.03. The first-order valence-electron chi connectivity index (χ1n) is 8.13. The number of benzene rings is 1. The van der Waals surface area contributed by atoms with Gasteiger partial charge in [0.05, 0.1) is 12.8 Å². The summed E-state index contributed by atoms with van der Waals surface area (Å²) >= 11 is 0. The predicted octanol–water partition coefficient (Wildman–Crippen LogP) is 3.48. The average Bonchev–Trinajstić information content (AvgIpc) is 2.65. The lowest BCUT2D eigenvalue weighted by Gasteiger charge is -2.17. The van der Waals surface area contributed by atoms with Gasteiger partial charge in [0.25, 0.3) is 10.0 Å². The minimum atomic E-state index is -4.88. The number of aromatic nitrogens is 2. The highest BCUT2D eigenvalue weighted by Crippen LogP contribution is 2.34. The fraction of sp³-hybridized carbons (Fsp3) is 0.375. The SMILES string of the molecule is COc1ccc(NS(=O)(=O)c2c(OCC(F)(F)F)ncnc2OCC(F)(F)F)c(C)c1. The van der Waals surface area contributed by atoms with Gasteiger partial charge in [-0.1, -0.05) is 0 Å². The quantitative estimate of drug-likeness (QED) is 0.584. The van der Waals surface area contributed by atoms with Crippen molar-refractivity contribution in [3.63, 3.8) is 0 Å². The first kappa shape index (κ1) is 24.3. The standard InChI is InChI=1S/C16H15F6N3O5S/c1-9-5-10(28-2)3-4-11(9)25-31(26,27)12-13(29-6-15(17,18)19)23-8-24-14(12)30-7-16(20,21)22/h3-5,8,25H,6-7H2,1-2H3. The summed E-state index contributed by atoms with van der Waals surface area (Å²) in [7, 11) is -3.48. The molecule has 1 aromatic heterocycles. The van der Waals surface area contributed by atoms with Crippen molar-refractivity contribution in [3.05, 3.63) is 30.1 Å². The Morgan fingerprint density at radius 1 is 0.968 bits per heavy atom. The number of rotatable bonds is 8. The van der Waals surface area contributed by atoms with Crippen LogP contribution in [0.4, 0.5) is 32.0 Å². The fourth-order valence-corrected chi connectivity index (χ4v) is 3.46. The lowest BCUT2D eigenvalue weighted by molar-refractivity contribution is -0.155. The number of anilines is 1. The molecule has 0 bridgehead atoms. The van der Waals surface area contributed by atoms with E-state index in [1.165, 1.54) is 32.2 Å². The van der Waals surface area contributed by atoms with E-state index < -0.39 is 52.2 Å². The highest BCUT2D eigenvalue weighted by atomic mass is 32.2. The first-order valence-corrected chi connectivity index (χ1v) is 9.62. The Balaban J connectivity index is 2.50. The molecule has 1 aromatic carbocycles. The normalized spacial score (nSPS) is 12.4. The summed E-state index contributed by atoms with van der Waals surface area (Å²) in [6.07, 6.45) is -9.24. The van der Waals surface area contributed by atoms with Crippen molar-refractivity contribution >= 4 is 15.7 Å². The first-order chi connectivity index (χ1) is 14.2. The average molecular weight is 475 g/mol. The molecule has 0 aliphatic carbocycles. The Labute approximate surface area is 172 Å². The van der Waals surface area contributed by atoms with Crippen molar-refractivity contribution in [3.8, 4) is 17.5 Å². The smallest absolute Gasteiger partial charge is 0.422 e. The molecule has 0 saturated heterocycles. The second-order valence-electron chi connectivity index (χ2n) is 5.91. The van der Waals surface area contributed by atoms with Crippen LogP contribution in [0.1, 0.15) is 5.56 Å². The maximum atomic E-state index is 12.9. The molecule has 0 spiro atoms. The topological polar surface area (TPSA) is 99.6 Å². The van der Waals surface area contributed by atoms with Crippen LogP contribution in [-0.2, 0) is 10.0 Å². The van der Waals surface area contributed by atoms with Crippen molar-refractivity contribution in [1.82, 2.24) is 9.97 Å². The number of ether oxygens (including phenoxy) is 3. The zero-order chi connectivity index (χ0) is 23.4. The summed E-state index contributed by atoms with van der Waals surface area (Å²) in [5, 5.41) is 0. The van der Waals surface area contributed by atoms with Crippen LogP contribution in [0.15, 0.2) is 29.4 Å². The number of halogens is 6. The summed E-state index contributed by atoms with van der Waals surface area (Å²) in [5.41, 5.74) is 0.309. The number of sulfonamides is 1. The molecule has 2 aromatic rings. The van der Waals surface area contributed by atoms with Crippen LogP contribution in [0.5, 0.6) is 17.5 Å².